The minimum absolute atomic E-state index is 0.239. The summed E-state index contributed by atoms with van der Waals surface area (Å²) in [6.07, 6.45) is 0. The summed E-state index contributed by atoms with van der Waals surface area (Å²) in [5, 5.41) is 10.3. The predicted octanol–water partition coefficient (Wildman–Crippen LogP) is 2.83. The zero-order chi connectivity index (χ0) is 12.7. The van der Waals surface area contributed by atoms with Crippen molar-refractivity contribution in [2.45, 2.75) is 0 Å². The van der Waals surface area contributed by atoms with Crippen LogP contribution in [0, 0.1) is 0 Å². The van der Waals surface area contributed by atoms with Crippen molar-refractivity contribution in [1.82, 2.24) is 4.98 Å². The van der Waals surface area contributed by atoms with Crippen molar-refractivity contribution in [3.05, 3.63) is 36.4 Å². The lowest BCUT2D eigenvalue weighted by molar-refractivity contribution is 0.476. The molecule has 2 aromatic carbocycles. The van der Waals surface area contributed by atoms with E-state index in [4.69, 9.17) is 11.5 Å². The third-order valence-corrected chi connectivity index (χ3v) is 3.73. The average Bonchev–Trinajstić information content (AvgIpc) is 2.71. The smallest absolute Gasteiger partial charge is 0.126 e. The minimum atomic E-state index is 0.239. The van der Waals surface area contributed by atoms with E-state index in [1.807, 2.05) is 6.07 Å². The molecule has 0 amide bonds. The molecule has 5 N–H and O–H groups in total. The maximum Gasteiger partial charge on any atom is 0.126 e. The first-order valence-corrected chi connectivity index (χ1v) is 6.20. The fourth-order valence-corrected chi connectivity index (χ4v) is 2.85. The van der Waals surface area contributed by atoms with Gasteiger partial charge in [-0.1, -0.05) is 0 Å². The molecule has 1 aromatic heterocycles. The second kappa shape index (κ2) is 3.89. The number of phenolic OH excluding ortho intramolecular Hbond substituents is 1. The molecule has 5 heteroatoms. The van der Waals surface area contributed by atoms with Gasteiger partial charge in [0.1, 0.15) is 10.8 Å². The van der Waals surface area contributed by atoms with Crippen LogP contribution < -0.4 is 11.5 Å². The Morgan fingerprint density at radius 1 is 1.06 bits per heavy atom. The Morgan fingerprint density at radius 3 is 2.67 bits per heavy atom. The number of hydrogen-bond acceptors (Lipinski definition) is 5. The van der Waals surface area contributed by atoms with E-state index in [2.05, 4.69) is 4.98 Å². The molecule has 0 saturated heterocycles. The molecule has 18 heavy (non-hydrogen) atoms. The molecule has 0 unspecified atom stereocenters. The van der Waals surface area contributed by atoms with Crippen LogP contribution in [-0.2, 0) is 0 Å². The van der Waals surface area contributed by atoms with Gasteiger partial charge in [-0.3, -0.25) is 0 Å². The van der Waals surface area contributed by atoms with Crippen LogP contribution in [0.1, 0.15) is 0 Å². The lowest BCUT2D eigenvalue weighted by atomic mass is 10.2. The highest BCUT2D eigenvalue weighted by Gasteiger charge is 2.09. The number of thiazole rings is 1. The van der Waals surface area contributed by atoms with Gasteiger partial charge in [0.2, 0.25) is 0 Å². The summed E-state index contributed by atoms with van der Waals surface area (Å²) >= 11 is 1.49. The Hall–Kier alpha value is -2.27. The number of benzene rings is 2. The number of hydrogen-bond donors (Lipinski definition) is 3. The van der Waals surface area contributed by atoms with Crippen LogP contribution >= 0.6 is 11.3 Å². The standard InChI is InChI=1S/C13H11N3OS/c14-7-1-3-9(10(15)5-7)13-16-11-4-2-8(17)6-12(11)18-13/h1-6,17H,14-15H2. The summed E-state index contributed by atoms with van der Waals surface area (Å²) in [5.41, 5.74) is 14.6. The highest BCUT2D eigenvalue weighted by atomic mass is 32.1. The zero-order valence-electron chi connectivity index (χ0n) is 9.42. The number of nitrogens with two attached hydrogens (primary N) is 2. The van der Waals surface area contributed by atoms with Crippen molar-refractivity contribution >= 4 is 32.9 Å². The second-order valence-corrected chi connectivity index (χ2v) is 5.05. The van der Waals surface area contributed by atoms with Crippen molar-refractivity contribution in [1.29, 1.82) is 0 Å². The quantitative estimate of drug-likeness (QED) is 0.585. The topological polar surface area (TPSA) is 85.2 Å². The fourth-order valence-electron chi connectivity index (χ4n) is 1.80. The number of nitrogen functional groups attached to an aromatic ring is 2. The highest BCUT2D eigenvalue weighted by Crippen LogP contribution is 2.35. The van der Waals surface area contributed by atoms with E-state index < -0.39 is 0 Å². The summed E-state index contributed by atoms with van der Waals surface area (Å²) in [6.45, 7) is 0. The number of aromatic nitrogens is 1. The van der Waals surface area contributed by atoms with Gasteiger partial charge in [-0.05, 0) is 36.4 Å². The molecule has 1 heterocycles. The number of rotatable bonds is 1. The molecule has 0 bridgehead atoms. The van der Waals surface area contributed by atoms with E-state index in [1.165, 1.54) is 11.3 Å². The van der Waals surface area contributed by atoms with E-state index in [-0.39, 0.29) is 5.75 Å². The van der Waals surface area contributed by atoms with Crippen LogP contribution in [0.15, 0.2) is 36.4 Å². The maximum atomic E-state index is 9.44. The third kappa shape index (κ3) is 1.74. The molecule has 0 aliphatic rings. The molecule has 0 fully saturated rings. The van der Waals surface area contributed by atoms with Crippen molar-refractivity contribution in [2.75, 3.05) is 11.5 Å². The summed E-state index contributed by atoms with van der Waals surface area (Å²) in [7, 11) is 0. The van der Waals surface area contributed by atoms with Crippen molar-refractivity contribution < 1.29 is 5.11 Å². The molecule has 0 aliphatic carbocycles. The maximum absolute atomic E-state index is 9.44. The summed E-state index contributed by atoms with van der Waals surface area (Å²) < 4.78 is 0.932. The molecule has 0 aliphatic heterocycles. The lowest BCUT2D eigenvalue weighted by Gasteiger charge is -2.02. The molecule has 4 nitrogen and oxygen atoms in total. The van der Waals surface area contributed by atoms with Crippen LogP contribution in [0.25, 0.3) is 20.8 Å². The number of nitrogens with zero attached hydrogens (tertiary/aromatic N) is 1. The Labute approximate surface area is 108 Å². The number of phenols is 1. The van der Waals surface area contributed by atoms with Gasteiger partial charge in [-0.25, -0.2) is 4.98 Å². The number of aromatic hydroxyl groups is 1. The lowest BCUT2D eigenvalue weighted by Crippen LogP contribution is -1.92. The normalized spacial score (nSPS) is 10.9. The molecule has 3 rings (SSSR count). The molecule has 0 spiro atoms. The zero-order valence-corrected chi connectivity index (χ0v) is 10.2. The van der Waals surface area contributed by atoms with Crippen LogP contribution in [-0.4, -0.2) is 10.1 Å². The van der Waals surface area contributed by atoms with Gasteiger partial charge in [0.25, 0.3) is 0 Å². The average molecular weight is 257 g/mol. The Morgan fingerprint density at radius 2 is 1.89 bits per heavy atom. The molecule has 0 radical (unpaired) electrons. The first-order valence-electron chi connectivity index (χ1n) is 5.38. The van der Waals surface area contributed by atoms with E-state index in [0.717, 1.165) is 20.8 Å². The SMILES string of the molecule is Nc1ccc(-c2nc3ccc(O)cc3s2)c(N)c1. The fraction of sp³-hybridized carbons (Fsp3) is 0. The van der Waals surface area contributed by atoms with Crippen LogP contribution in [0.3, 0.4) is 0 Å². The van der Waals surface area contributed by atoms with Gasteiger partial charge in [0.15, 0.2) is 0 Å². The van der Waals surface area contributed by atoms with Crippen molar-refractivity contribution in [2.24, 2.45) is 0 Å². The van der Waals surface area contributed by atoms with Crippen molar-refractivity contribution in [3.8, 4) is 16.3 Å². The molecular weight excluding hydrogens is 246 g/mol. The van der Waals surface area contributed by atoms with Gasteiger partial charge >= 0.3 is 0 Å². The minimum Gasteiger partial charge on any atom is -0.508 e. The van der Waals surface area contributed by atoms with Gasteiger partial charge in [-0.2, -0.15) is 0 Å². The van der Waals surface area contributed by atoms with E-state index in [1.54, 1.807) is 30.3 Å². The third-order valence-electron chi connectivity index (χ3n) is 2.68. The second-order valence-electron chi connectivity index (χ2n) is 4.02. The molecule has 0 saturated carbocycles. The van der Waals surface area contributed by atoms with Gasteiger partial charge in [0.05, 0.1) is 10.2 Å². The molecular formula is C13H11N3OS. The molecule has 3 aromatic rings. The predicted molar refractivity (Wildman–Crippen MR) is 75.5 cm³/mol. The summed E-state index contributed by atoms with van der Waals surface area (Å²) in [6, 6.07) is 10.5. The monoisotopic (exact) mass is 257 g/mol. The molecule has 90 valence electrons. The Balaban J connectivity index is 2.19. The summed E-state index contributed by atoms with van der Waals surface area (Å²) in [5.74, 6) is 0.239. The van der Waals surface area contributed by atoms with E-state index in [0.29, 0.717) is 11.4 Å². The largest absolute Gasteiger partial charge is 0.508 e. The van der Waals surface area contributed by atoms with Gasteiger partial charge in [-0.15, -0.1) is 11.3 Å². The highest BCUT2D eigenvalue weighted by molar-refractivity contribution is 7.21. The first kappa shape index (κ1) is 10.9. The van der Waals surface area contributed by atoms with Gasteiger partial charge in [0, 0.05) is 16.9 Å². The van der Waals surface area contributed by atoms with Crippen molar-refractivity contribution in [3.63, 3.8) is 0 Å². The number of anilines is 2. The Kier molecular flexibility index (Phi) is 2.34. The summed E-state index contributed by atoms with van der Waals surface area (Å²) in [4.78, 5) is 4.50. The van der Waals surface area contributed by atoms with Crippen LogP contribution in [0.4, 0.5) is 11.4 Å². The van der Waals surface area contributed by atoms with E-state index in [9.17, 15) is 5.11 Å². The van der Waals surface area contributed by atoms with Gasteiger partial charge < -0.3 is 16.6 Å². The Bertz CT molecular complexity index is 736. The molecule has 0 atom stereocenters. The van der Waals surface area contributed by atoms with Crippen LogP contribution in [0.5, 0.6) is 5.75 Å². The van der Waals surface area contributed by atoms with Crippen LogP contribution in [0.2, 0.25) is 0 Å². The number of fused-ring (bicyclic) bond motifs is 1. The first-order chi connectivity index (χ1) is 8.63. The van der Waals surface area contributed by atoms with E-state index >= 15 is 0 Å².